The first-order valence-electron chi connectivity index (χ1n) is 10.1. The minimum Gasteiger partial charge on any atom is -1.00 e. The zero-order valence-electron chi connectivity index (χ0n) is 17.7. The van der Waals surface area contributed by atoms with Crippen molar-refractivity contribution in [3.8, 4) is 0 Å². The van der Waals surface area contributed by atoms with E-state index in [1.165, 1.54) is 47.7 Å². The van der Waals surface area contributed by atoms with E-state index in [9.17, 15) is 0 Å². The van der Waals surface area contributed by atoms with Crippen LogP contribution < -0.4 is 34.6 Å². The van der Waals surface area contributed by atoms with Crippen LogP contribution in [0.2, 0.25) is 0 Å². The Balaban J connectivity index is 0.00000171. The summed E-state index contributed by atoms with van der Waals surface area (Å²) in [4.78, 5) is 3.10. The number of likely N-dealkylation sites (N-methyl/N-ethyl adjacent to an activating group) is 2. The van der Waals surface area contributed by atoms with Gasteiger partial charge in [-0.15, -0.1) is 23.5 Å². The maximum Gasteiger partial charge on any atom is 0.138 e. The fourth-order valence-electron chi connectivity index (χ4n) is 3.66. The van der Waals surface area contributed by atoms with Crippen LogP contribution >= 0.6 is 47.0 Å². The van der Waals surface area contributed by atoms with E-state index in [2.05, 4.69) is 43.7 Å². The molecule has 4 rings (SSSR count). The largest absolute Gasteiger partial charge is 1.00 e. The summed E-state index contributed by atoms with van der Waals surface area (Å²) < 4.78 is 18.3. The number of aromatic nitrogens is 4. The summed E-state index contributed by atoms with van der Waals surface area (Å²) in [5.74, 6) is 2.12. The molecule has 172 valence electrons. The van der Waals surface area contributed by atoms with Crippen molar-refractivity contribution >= 4 is 58.1 Å². The minimum atomic E-state index is 0. The highest BCUT2D eigenvalue weighted by molar-refractivity contribution is 8.00. The van der Waals surface area contributed by atoms with E-state index in [1.807, 2.05) is 23.5 Å². The molecule has 2 aliphatic heterocycles. The second-order valence-corrected chi connectivity index (χ2v) is 10.9. The van der Waals surface area contributed by atoms with Crippen LogP contribution in [0.15, 0.2) is 22.2 Å². The van der Waals surface area contributed by atoms with Crippen molar-refractivity contribution < 1.29 is 34.6 Å². The lowest BCUT2D eigenvalue weighted by Crippen LogP contribution is -3.09. The van der Waals surface area contributed by atoms with Gasteiger partial charge < -0.3 is 34.6 Å². The standard InChI is InChI=1S/C19H26N6S4.2ClH/c1-24-8-3-6-14(12-24)16-18(22-28-20-16)26-10-5-11-27-19-17(21-29-23-19)15-7-4-9-25(2)13-15;;/h6-7H,3-5,8-13H2,1-2H3;2*1H. The first kappa shape index (κ1) is 27.0. The van der Waals surface area contributed by atoms with Gasteiger partial charge >= 0.3 is 0 Å². The summed E-state index contributed by atoms with van der Waals surface area (Å²) in [6, 6.07) is 0. The number of halogens is 2. The maximum absolute atomic E-state index is 4.58. The first-order chi connectivity index (χ1) is 14.2. The predicted molar refractivity (Wildman–Crippen MR) is 124 cm³/mol. The summed E-state index contributed by atoms with van der Waals surface area (Å²) in [5, 5.41) is 2.21. The molecule has 0 amide bonds. The van der Waals surface area contributed by atoms with Crippen molar-refractivity contribution in [1.29, 1.82) is 0 Å². The van der Waals surface area contributed by atoms with Gasteiger partial charge in [-0.05, 0) is 6.42 Å². The lowest BCUT2D eigenvalue weighted by molar-refractivity contribution is -0.872. The topological polar surface area (TPSA) is 60.4 Å². The molecule has 0 saturated heterocycles. The van der Waals surface area contributed by atoms with E-state index in [0.717, 1.165) is 65.3 Å². The Morgan fingerprint density at radius 3 is 1.65 bits per heavy atom. The Hall–Kier alpha value is -0.200. The summed E-state index contributed by atoms with van der Waals surface area (Å²) in [6.45, 7) is 4.54. The van der Waals surface area contributed by atoms with Crippen LogP contribution in [0.4, 0.5) is 0 Å². The molecule has 0 fully saturated rings. The molecule has 12 heteroatoms. The van der Waals surface area contributed by atoms with E-state index < -0.39 is 0 Å². The molecule has 0 aromatic carbocycles. The number of hydrogen-bond acceptors (Lipinski definition) is 8. The van der Waals surface area contributed by atoms with Gasteiger partial charge in [0.1, 0.15) is 34.5 Å². The molecule has 4 heterocycles. The van der Waals surface area contributed by atoms with Crippen molar-refractivity contribution in [3.05, 3.63) is 23.5 Å². The molecule has 2 aromatic rings. The van der Waals surface area contributed by atoms with Gasteiger partial charge in [0.2, 0.25) is 0 Å². The summed E-state index contributed by atoms with van der Waals surface area (Å²) in [5.41, 5.74) is 4.97. The third-order valence-corrected chi connectivity index (χ3v) is 8.59. The fraction of sp³-hybridized carbons (Fsp3) is 0.579. The van der Waals surface area contributed by atoms with Gasteiger partial charge in [0.15, 0.2) is 0 Å². The van der Waals surface area contributed by atoms with Gasteiger partial charge in [0.25, 0.3) is 0 Å². The lowest BCUT2D eigenvalue weighted by atomic mass is 10.1. The molecule has 2 aromatic heterocycles. The van der Waals surface area contributed by atoms with E-state index in [0.29, 0.717) is 0 Å². The normalized spacial score (nSPS) is 21.0. The quantitative estimate of drug-likeness (QED) is 0.260. The van der Waals surface area contributed by atoms with Crippen molar-refractivity contribution in [2.75, 3.05) is 51.8 Å². The molecule has 0 spiro atoms. The molecule has 2 unspecified atom stereocenters. The third-order valence-electron chi connectivity index (χ3n) is 5.20. The number of nitrogens with one attached hydrogen (secondary N) is 2. The molecule has 6 nitrogen and oxygen atoms in total. The van der Waals surface area contributed by atoms with Crippen LogP contribution in [0.1, 0.15) is 30.7 Å². The Morgan fingerprint density at radius 1 is 0.774 bits per heavy atom. The zero-order chi connectivity index (χ0) is 20.1. The monoisotopic (exact) mass is 538 g/mol. The SMILES string of the molecule is C[NH+]1CCC=C(c2nsnc2SCCCSc2nsnc2C2=CCC[NH+](C)C2)C1.[Cl-].[Cl-]. The van der Waals surface area contributed by atoms with Gasteiger partial charge in [-0.25, -0.2) is 0 Å². The summed E-state index contributed by atoms with van der Waals surface area (Å²) in [7, 11) is 4.50. The van der Waals surface area contributed by atoms with Crippen LogP contribution in [0, 0.1) is 0 Å². The number of hydrogen-bond donors (Lipinski definition) is 2. The fourth-order valence-corrected chi connectivity index (χ4v) is 7.14. The van der Waals surface area contributed by atoms with E-state index in [1.54, 1.807) is 9.80 Å². The highest BCUT2D eigenvalue weighted by Crippen LogP contribution is 2.30. The van der Waals surface area contributed by atoms with Gasteiger partial charge in [-0.3, -0.25) is 0 Å². The van der Waals surface area contributed by atoms with Crippen LogP contribution in [0.5, 0.6) is 0 Å². The molecule has 0 bridgehead atoms. The molecule has 31 heavy (non-hydrogen) atoms. The average molecular weight is 540 g/mol. The van der Waals surface area contributed by atoms with E-state index in [-0.39, 0.29) is 24.8 Å². The number of nitrogens with zero attached hydrogens (tertiary/aromatic N) is 4. The van der Waals surface area contributed by atoms with Gasteiger partial charge in [-0.2, -0.15) is 17.5 Å². The van der Waals surface area contributed by atoms with Crippen molar-refractivity contribution in [2.24, 2.45) is 0 Å². The van der Waals surface area contributed by atoms with Gasteiger partial charge in [0.05, 0.1) is 50.6 Å². The lowest BCUT2D eigenvalue weighted by Gasteiger charge is -2.19. The van der Waals surface area contributed by atoms with Gasteiger partial charge in [-0.1, -0.05) is 12.2 Å². The second kappa shape index (κ2) is 13.5. The van der Waals surface area contributed by atoms with Crippen LogP contribution in [-0.2, 0) is 0 Å². The Morgan fingerprint density at radius 2 is 1.23 bits per heavy atom. The summed E-state index contributed by atoms with van der Waals surface area (Å²) in [6.07, 6.45) is 8.09. The highest BCUT2D eigenvalue weighted by Gasteiger charge is 2.21. The molecule has 2 aliphatic rings. The average Bonchev–Trinajstić information content (AvgIpc) is 3.37. The smallest absolute Gasteiger partial charge is 0.138 e. The molecular formula is C19H28Cl2N6S4. The third kappa shape index (κ3) is 7.40. The number of thioether (sulfide) groups is 2. The molecule has 0 saturated carbocycles. The Kier molecular flexibility index (Phi) is 11.8. The van der Waals surface area contributed by atoms with E-state index >= 15 is 0 Å². The predicted octanol–water partition coefficient (Wildman–Crippen LogP) is -4.72. The first-order valence-corrected chi connectivity index (χ1v) is 13.6. The van der Waals surface area contributed by atoms with Crippen LogP contribution in [0.25, 0.3) is 11.1 Å². The number of quaternary nitrogens is 2. The van der Waals surface area contributed by atoms with Crippen LogP contribution in [-0.4, -0.2) is 69.3 Å². The molecular weight excluding hydrogens is 511 g/mol. The number of rotatable bonds is 8. The minimum absolute atomic E-state index is 0. The van der Waals surface area contributed by atoms with Crippen molar-refractivity contribution in [1.82, 2.24) is 17.5 Å². The molecule has 0 radical (unpaired) electrons. The highest BCUT2D eigenvalue weighted by atomic mass is 35.5. The molecule has 2 N–H and O–H groups in total. The maximum atomic E-state index is 4.58. The summed E-state index contributed by atoms with van der Waals surface area (Å²) >= 11 is 6.37. The second-order valence-electron chi connectivity index (χ2n) is 7.69. The molecule has 0 aliphatic carbocycles. The Labute approximate surface area is 213 Å². The van der Waals surface area contributed by atoms with Crippen molar-refractivity contribution in [2.45, 2.75) is 29.3 Å². The van der Waals surface area contributed by atoms with E-state index in [4.69, 9.17) is 0 Å². The van der Waals surface area contributed by atoms with Crippen molar-refractivity contribution in [3.63, 3.8) is 0 Å². The van der Waals surface area contributed by atoms with Crippen LogP contribution in [0.3, 0.4) is 0 Å². The molecule has 2 atom stereocenters. The zero-order valence-corrected chi connectivity index (χ0v) is 22.5. The Bertz CT molecular complexity index is 814. The van der Waals surface area contributed by atoms with Gasteiger partial charge in [0, 0.05) is 35.5 Å².